The number of ketones is 1. The molecule has 31 heavy (non-hydrogen) atoms. The van der Waals surface area contributed by atoms with E-state index in [4.69, 9.17) is 0 Å². The molecule has 1 fully saturated rings. The van der Waals surface area contributed by atoms with Crippen molar-refractivity contribution < 1.29 is 9.59 Å². The molecule has 0 N–H and O–H groups in total. The van der Waals surface area contributed by atoms with Crippen LogP contribution in [-0.4, -0.2) is 47.3 Å². The first-order valence-corrected chi connectivity index (χ1v) is 11.0. The third-order valence-electron chi connectivity index (χ3n) is 6.57. The molecule has 0 spiro atoms. The molecule has 5 rings (SSSR count). The van der Waals surface area contributed by atoms with E-state index >= 15 is 0 Å². The van der Waals surface area contributed by atoms with Gasteiger partial charge in [0.05, 0.1) is 11.6 Å². The number of nitrogens with zero attached hydrogens (tertiary/aromatic N) is 3. The van der Waals surface area contributed by atoms with Crippen molar-refractivity contribution in [2.75, 3.05) is 31.1 Å². The summed E-state index contributed by atoms with van der Waals surface area (Å²) in [5.41, 5.74) is 4.82. The summed E-state index contributed by atoms with van der Waals surface area (Å²) in [6.07, 6.45) is 0.766. The fourth-order valence-corrected chi connectivity index (χ4v) is 4.79. The minimum atomic E-state index is -0.150. The first kappa shape index (κ1) is 19.6. The molecular weight excluding hydrogens is 386 g/mol. The fraction of sp³-hybridized carbons (Fsp3) is 0.308. The number of rotatable bonds is 4. The van der Waals surface area contributed by atoms with Crippen molar-refractivity contribution in [1.82, 2.24) is 9.47 Å². The van der Waals surface area contributed by atoms with Gasteiger partial charge < -0.3 is 14.4 Å². The Morgan fingerprint density at radius 3 is 2.23 bits per heavy atom. The highest BCUT2D eigenvalue weighted by Gasteiger charge is 2.35. The van der Waals surface area contributed by atoms with E-state index in [1.807, 2.05) is 51.9 Å². The standard InChI is InChI=1S/C26H27N3O2/c1-19-7-9-21(10-8-19)27-15-17-28(18-16-27)26(31)22-13-14-29-23(22)11-12-24(29)25(30)20-5-3-2-4-6-20/h2-12,22H,13-18H2,1H3/t22-/m0/s1. The molecule has 0 radical (unpaired) electrons. The molecule has 2 aliphatic heterocycles. The fourth-order valence-electron chi connectivity index (χ4n) is 4.79. The third-order valence-corrected chi connectivity index (χ3v) is 6.57. The smallest absolute Gasteiger partial charge is 0.231 e. The Hall–Kier alpha value is -3.34. The largest absolute Gasteiger partial charge is 0.368 e. The lowest BCUT2D eigenvalue weighted by Crippen LogP contribution is -2.50. The van der Waals surface area contributed by atoms with Crippen LogP contribution < -0.4 is 4.90 Å². The van der Waals surface area contributed by atoms with Crippen molar-refractivity contribution in [2.45, 2.75) is 25.8 Å². The van der Waals surface area contributed by atoms with Gasteiger partial charge >= 0.3 is 0 Å². The van der Waals surface area contributed by atoms with Gasteiger partial charge in [0.15, 0.2) is 0 Å². The van der Waals surface area contributed by atoms with Gasteiger partial charge in [-0.25, -0.2) is 0 Å². The summed E-state index contributed by atoms with van der Waals surface area (Å²) in [5.74, 6) is 0.0639. The third kappa shape index (κ3) is 3.65. The van der Waals surface area contributed by atoms with E-state index in [-0.39, 0.29) is 17.6 Å². The number of amides is 1. The first-order valence-electron chi connectivity index (χ1n) is 11.0. The number of anilines is 1. The summed E-state index contributed by atoms with van der Waals surface area (Å²) < 4.78 is 2.04. The lowest BCUT2D eigenvalue weighted by Gasteiger charge is -2.37. The Balaban J connectivity index is 1.27. The average molecular weight is 414 g/mol. The van der Waals surface area contributed by atoms with Gasteiger partial charge in [0.25, 0.3) is 0 Å². The molecule has 2 aliphatic rings. The van der Waals surface area contributed by atoms with Gasteiger partial charge in [0.1, 0.15) is 0 Å². The molecular formula is C26H27N3O2. The highest BCUT2D eigenvalue weighted by Crippen LogP contribution is 2.33. The maximum atomic E-state index is 13.3. The van der Waals surface area contributed by atoms with Crippen LogP contribution in [0.5, 0.6) is 0 Å². The molecule has 2 aromatic carbocycles. The van der Waals surface area contributed by atoms with Crippen LogP contribution in [0.2, 0.25) is 0 Å². The second-order valence-corrected chi connectivity index (χ2v) is 8.48. The highest BCUT2D eigenvalue weighted by molar-refractivity contribution is 6.08. The second kappa shape index (κ2) is 8.06. The SMILES string of the molecule is Cc1ccc(N2CCN(C(=O)[C@H]3CCn4c(C(=O)c5ccccc5)ccc43)CC2)cc1. The Morgan fingerprint density at radius 1 is 0.806 bits per heavy atom. The molecule has 1 atom stereocenters. The molecule has 0 bridgehead atoms. The van der Waals surface area contributed by atoms with Crippen molar-refractivity contribution in [3.63, 3.8) is 0 Å². The molecule has 0 unspecified atom stereocenters. The number of hydrogen-bond donors (Lipinski definition) is 0. The minimum absolute atomic E-state index is 0.0201. The first-order chi connectivity index (χ1) is 15.1. The molecule has 1 amide bonds. The molecule has 1 aromatic heterocycles. The number of carbonyl (C=O) groups excluding carboxylic acids is 2. The van der Waals surface area contributed by atoms with Crippen LogP contribution in [0.3, 0.4) is 0 Å². The number of aromatic nitrogens is 1. The van der Waals surface area contributed by atoms with Crippen LogP contribution in [0.4, 0.5) is 5.69 Å². The molecule has 158 valence electrons. The normalized spacial score (nSPS) is 18.2. The zero-order chi connectivity index (χ0) is 21.4. The number of hydrogen-bond acceptors (Lipinski definition) is 3. The van der Waals surface area contributed by atoms with E-state index < -0.39 is 0 Å². The molecule has 1 saturated heterocycles. The van der Waals surface area contributed by atoms with Crippen molar-refractivity contribution in [1.29, 1.82) is 0 Å². The zero-order valence-corrected chi connectivity index (χ0v) is 17.8. The summed E-state index contributed by atoms with van der Waals surface area (Å²) in [6, 6.07) is 21.8. The van der Waals surface area contributed by atoms with Gasteiger partial charge in [-0.15, -0.1) is 0 Å². The maximum absolute atomic E-state index is 13.3. The van der Waals surface area contributed by atoms with E-state index in [0.29, 0.717) is 11.3 Å². The Kier molecular flexibility index (Phi) is 5.10. The predicted octanol–water partition coefficient (Wildman–Crippen LogP) is 3.86. The second-order valence-electron chi connectivity index (χ2n) is 8.48. The van der Waals surface area contributed by atoms with Crippen LogP contribution >= 0.6 is 0 Å². The quantitative estimate of drug-likeness (QED) is 0.610. The summed E-state index contributed by atoms with van der Waals surface area (Å²) in [6.45, 7) is 5.98. The Morgan fingerprint density at radius 2 is 1.52 bits per heavy atom. The highest BCUT2D eigenvalue weighted by atomic mass is 16.2. The van der Waals surface area contributed by atoms with Gasteiger partial charge in [-0.3, -0.25) is 9.59 Å². The molecule has 5 nitrogen and oxygen atoms in total. The molecule has 0 aliphatic carbocycles. The average Bonchev–Trinajstić information content (AvgIpc) is 3.42. The molecule has 5 heteroatoms. The van der Waals surface area contributed by atoms with Gasteiger partial charge in [0, 0.05) is 49.7 Å². The molecule has 0 saturated carbocycles. The van der Waals surface area contributed by atoms with Crippen molar-refractivity contribution in [3.8, 4) is 0 Å². The lowest BCUT2D eigenvalue weighted by molar-refractivity contribution is -0.133. The summed E-state index contributed by atoms with van der Waals surface area (Å²) in [5, 5.41) is 0. The Labute approximate surface area is 182 Å². The van der Waals surface area contributed by atoms with Crippen molar-refractivity contribution >= 4 is 17.4 Å². The van der Waals surface area contributed by atoms with Gasteiger partial charge in [-0.1, -0.05) is 48.0 Å². The summed E-state index contributed by atoms with van der Waals surface area (Å²) >= 11 is 0. The topological polar surface area (TPSA) is 45.5 Å². The monoisotopic (exact) mass is 413 g/mol. The Bertz CT molecular complexity index is 1090. The number of benzene rings is 2. The van der Waals surface area contributed by atoms with E-state index in [1.165, 1.54) is 11.3 Å². The molecule has 3 heterocycles. The number of fused-ring (bicyclic) bond motifs is 1. The summed E-state index contributed by atoms with van der Waals surface area (Å²) in [7, 11) is 0. The maximum Gasteiger partial charge on any atom is 0.231 e. The van der Waals surface area contributed by atoms with Gasteiger partial charge in [0.2, 0.25) is 11.7 Å². The van der Waals surface area contributed by atoms with E-state index in [9.17, 15) is 9.59 Å². The van der Waals surface area contributed by atoms with E-state index in [0.717, 1.165) is 44.8 Å². The van der Waals surface area contributed by atoms with Crippen LogP contribution in [0, 0.1) is 6.92 Å². The zero-order valence-electron chi connectivity index (χ0n) is 17.8. The van der Waals surface area contributed by atoms with Crippen LogP contribution in [0.15, 0.2) is 66.7 Å². The van der Waals surface area contributed by atoms with E-state index in [1.54, 1.807) is 0 Å². The predicted molar refractivity (Wildman–Crippen MR) is 122 cm³/mol. The van der Waals surface area contributed by atoms with Gasteiger partial charge in [-0.2, -0.15) is 0 Å². The van der Waals surface area contributed by atoms with Crippen LogP contribution in [-0.2, 0) is 11.3 Å². The van der Waals surface area contributed by atoms with Crippen molar-refractivity contribution in [3.05, 3.63) is 89.2 Å². The van der Waals surface area contributed by atoms with Gasteiger partial charge in [-0.05, 0) is 37.6 Å². The molecule has 3 aromatic rings. The number of piperazine rings is 1. The summed E-state index contributed by atoms with van der Waals surface area (Å²) in [4.78, 5) is 30.6. The lowest BCUT2D eigenvalue weighted by atomic mass is 10.0. The number of carbonyl (C=O) groups is 2. The van der Waals surface area contributed by atoms with E-state index in [2.05, 4.69) is 36.1 Å². The number of aryl methyl sites for hydroxylation is 1. The van der Waals surface area contributed by atoms with Crippen LogP contribution in [0.25, 0.3) is 0 Å². The minimum Gasteiger partial charge on any atom is -0.368 e. The van der Waals surface area contributed by atoms with Crippen LogP contribution in [0.1, 0.15) is 39.6 Å². The van der Waals surface area contributed by atoms with Crippen molar-refractivity contribution in [2.24, 2.45) is 0 Å².